The standard InChI is InChI=1S/C13H21NO5/c1-18-11(15)8-14(9-12(16)19-2)13(17)10-6-4-3-5-7-10/h10H,3-9H2,1-2H3. The summed E-state index contributed by atoms with van der Waals surface area (Å²) < 4.78 is 9.10. The van der Waals surface area contributed by atoms with E-state index < -0.39 is 11.9 Å². The normalized spacial score (nSPS) is 15.7. The van der Waals surface area contributed by atoms with Gasteiger partial charge in [0, 0.05) is 5.92 Å². The van der Waals surface area contributed by atoms with Crippen LogP contribution in [0.4, 0.5) is 0 Å². The average Bonchev–Trinajstić information content (AvgIpc) is 2.46. The highest BCUT2D eigenvalue weighted by molar-refractivity contribution is 5.87. The van der Waals surface area contributed by atoms with Gasteiger partial charge in [-0.2, -0.15) is 0 Å². The fourth-order valence-corrected chi connectivity index (χ4v) is 2.26. The van der Waals surface area contributed by atoms with Crippen LogP contribution in [-0.2, 0) is 23.9 Å². The molecule has 0 atom stereocenters. The van der Waals surface area contributed by atoms with Gasteiger partial charge in [-0.1, -0.05) is 19.3 Å². The molecule has 6 heteroatoms. The quantitative estimate of drug-likeness (QED) is 0.690. The van der Waals surface area contributed by atoms with Crippen LogP contribution in [0, 0.1) is 5.92 Å². The van der Waals surface area contributed by atoms with E-state index in [-0.39, 0.29) is 24.9 Å². The third-order valence-corrected chi connectivity index (χ3v) is 3.36. The highest BCUT2D eigenvalue weighted by Crippen LogP contribution is 2.25. The molecule has 0 radical (unpaired) electrons. The molecule has 1 rings (SSSR count). The number of carbonyl (C=O) groups excluding carboxylic acids is 3. The number of amides is 1. The van der Waals surface area contributed by atoms with E-state index in [2.05, 4.69) is 9.47 Å². The molecule has 19 heavy (non-hydrogen) atoms. The van der Waals surface area contributed by atoms with Crippen LogP contribution < -0.4 is 0 Å². The lowest BCUT2D eigenvalue weighted by Gasteiger charge is -2.27. The summed E-state index contributed by atoms with van der Waals surface area (Å²) in [5.41, 5.74) is 0. The van der Waals surface area contributed by atoms with Gasteiger partial charge in [-0.3, -0.25) is 14.4 Å². The predicted molar refractivity (Wildman–Crippen MR) is 67.2 cm³/mol. The molecule has 0 N–H and O–H groups in total. The van der Waals surface area contributed by atoms with Crippen molar-refractivity contribution in [3.05, 3.63) is 0 Å². The second-order valence-corrected chi connectivity index (χ2v) is 4.68. The molecular formula is C13H21NO5. The fourth-order valence-electron chi connectivity index (χ4n) is 2.26. The molecule has 1 aliphatic rings. The molecule has 0 heterocycles. The first-order chi connectivity index (χ1) is 9.08. The van der Waals surface area contributed by atoms with Crippen molar-refractivity contribution in [1.82, 2.24) is 4.90 Å². The van der Waals surface area contributed by atoms with Crippen molar-refractivity contribution >= 4 is 17.8 Å². The highest BCUT2D eigenvalue weighted by Gasteiger charge is 2.28. The molecule has 0 aromatic carbocycles. The molecule has 0 spiro atoms. The van der Waals surface area contributed by atoms with Gasteiger partial charge in [0.1, 0.15) is 13.1 Å². The van der Waals surface area contributed by atoms with E-state index in [1.807, 2.05) is 0 Å². The SMILES string of the molecule is COC(=O)CN(CC(=O)OC)C(=O)C1CCCCC1. The van der Waals surface area contributed by atoms with E-state index in [1.54, 1.807) is 0 Å². The number of hydrogen-bond donors (Lipinski definition) is 0. The number of esters is 2. The third kappa shape index (κ3) is 4.89. The van der Waals surface area contributed by atoms with Gasteiger partial charge in [0.05, 0.1) is 14.2 Å². The summed E-state index contributed by atoms with van der Waals surface area (Å²) in [4.78, 5) is 36.2. The first-order valence-corrected chi connectivity index (χ1v) is 6.51. The Hall–Kier alpha value is -1.59. The smallest absolute Gasteiger partial charge is 0.325 e. The van der Waals surface area contributed by atoms with E-state index in [9.17, 15) is 14.4 Å². The lowest BCUT2D eigenvalue weighted by atomic mass is 9.88. The maximum Gasteiger partial charge on any atom is 0.325 e. The molecular weight excluding hydrogens is 250 g/mol. The molecule has 0 saturated heterocycles. The molecule has 0 unspecified atom stereocenters. The molecule has 0 bridgehead atoms. The predicted octanol–water partition coefficient (Wildman–Crippen LogP) is 0.741. The second-order valence-electron chi connectivity index (χ2n) is 4.68. The van der Waals surface area contributed by atoms with Gasteiger partial charge in [-0.25, -0.2) is 0 Å². The van der Waals surface area contributed by atoms with Crippen LogP contribution in [-0.4, -0.2) is 50.1 Å². The van der Waals surface area contributed by atoms with Crippen LogP contribution in [0.15, 0.2) is 0 Å². The van der Waals surface area contributed by atoms with Crippen molar-refractivity contribution in [3.63, 3.8) is 0 Å². The van der Waals surface area contributed by atoms with E-state index in [0.29, 0.717) is 0 Å². The Bertz CT molecular complexity index is 318. The topological polar surface area (TPSA) is 72.9 Å². The Morgan fingerprint density at radius 2 is 1.42 bits per heavy atom. The summed E-state index contributed by atoms with van der Waals surface area (Å²) in [6.45, 7) is -0.415. The van der Waals surface area contributed by atoms with Crippen molar-refractivity contribution < 1.29 is 23.9 Å². The largest absolute Gasteiger partial charge is 0.468 e. The second kappa shape index (κ2) is 7.76. The summed E-state index contributed by atoms with van der Waals surface area (Å²) in [5, 5.41) is 0. The summed E-state index contributed by atoms with van der Waals surface area (Å²) in [5.74, 6) is -1.32. The molecule has 1 saturated carbocycles. The minimum Gasteiger partial charge on any atom is -0.468 e. The zero-order valence-electron chi connectivity index (χ0n) is 11.5. The molecule has 1 amide bonds. The Kier molecular flexibility index (Phi) is 6.32. The number of rotatable bonds is 5. The lowest BCUT2D eigenvalue weighted by Crippen LogP contribution is -2.43. The Morgan fingerprint density at radius 1 is 0.947 bits per heavy atom. The molecule has 6 nitrogen and oxygen atoms in total. The number of nitrogens with zero attached hydrogens (tertiary/aromatic N) is 1. The average molecular weight is 271 g/mol. The maximum absolute atomic E-state index is 12.3. The Balaban J connectivity index is 2.66. The number of ether oxygens (including phenoxy) is 2. The Labute approximate surface area is 113 Å². The zero-order valence-corrected chi connectivity index (χ0v) is 11.5. The van der Waals surface area contributed by atoms with Crippen molar-refractivity contribution in [2.24, 2.45) is 5.92 Å². The molecule has 1 fully saturated rings. The molecule has 0 aromatic heterocycles. The zero-order chi connectivity index (χ0) is 14.3. The van der Waals surface area contributed by atoms with Crippen molar-refractivity contribution in [2.45, 2.75) is 32.1 Å². The van der Waals surface area contributed by atoms with Gasteiger partial charge in [-0.15, -0.1) is 0 Å². The molecule has 0 aliphatic heterocycles. The summed E-state index contributed by atoms with van der Waals surface area (Å²) in [6, 6.07) is 0. The maximum atomic E-state index is 12.3. The number of methoxy groups -OCH3 is 2. The number of carbonyl (C=O) groups is 3. The van der Waals surface area contributed by atoms with Gasteiger partial charge in [0.2, 0.25) is 5.91 Å². The van der Waals surface area contributed by atoms with E-state index in [0.717, 1.165) is 32.1 Å². The van der Waals surface area contributed by atoms with Crippen LogP contribution >= 0.6 is 0 Å². The van der Waals surface area contributed by atoms with E-state index in [4.69, 9.17) is 0 Å². The first-order valence-electron chi connectivity index (χ1n) is 6.51. The van der Waals surface area contributed by atoms with Gasteiger partial charge in [0.25, 0.3) is 0 Å². The summed E-state index contributed by atoms with van der Waals surface area (Å²) in [7, 11) is 2.51. The third-order valence-electron chi connectivity index (χ3n) is 3.36. The minimum absolute atomic E-state index is 0.0944. The minimum atomic E-state index is -0.534. The summed E-state index contributed by atoms with van der Waals surface area (Å²) in [6.07, 6.45) is 4.80. The van der Waals surface area contributed by atoms with Gasteiger partial charge < -0.3 is 14.4 Å². The van der Waals surface area contributed by atoms with E-state index >= 15 is 0 Å². The van der Waals surface area contributed by atoms with Crippen LogP contribution in [0.1, 0.15) is 32.1 Å². The van der Waals surface area contributed by atoms with Crippen molar-refractivity contribution in [3.8, 4) is 0 Å². The fraction of sp³-hybridized carbons (Fsp3) is 0.769. The van der Waals surface area contributed by atoms with Crippen LogP contribution in [0.25, 0.3) is 0 Å². The van der Waals surface area contributed by atoms with Crippen molar-refractivity contribution in [2.75, 3.05) is 27.3 Å². The molecule has 1 aliphatic carbocycles. The number of hydrogen-bond acceptors (Lipinski definition) is 5. The van der Waals surface area contributed by atoms with Crippen LogP contribution in [0.2, 0.25) is 0 Å². The Morgan fingerprint density at radius 3 is 1.84 bits per heavy atom. The van der Waals surface area contributed by atoms with Gasteiger partial charge in [0.15, 0.2) is 0 Å². The first kappa shape index (κ1) is 15.5. The highest BCUT2D eigenvalue weighted by atomic mass is 16.5. The molecule has 0 aromatic rings. The monoisotopic (exact) mass is 271 g/mol. The summed E-state index contributed by atoms with van der Waals surface area (Å²) >= 11 is 0. The van der Waals surface area contributed by atoms with E-state index in [1.165, 1.54) is 19.1 Å². The molecule has 108 valence electrons. The van der Waals surface area contributed by atoms with Crippen LogP contribution in [0.3, 0.4) is 0 Å². The van der Waals surface area contributed by atoms with Crippen LogP contribution in [0.5, 0.6) is 0 Å². The van der Waals surface area contributed by atoms with Gasteiger partial charge >= 0.3 is 11.9 Å². The van der Waals surface area contributed by atoms with Crippen molar-refractivity contribution in [1.29, 1.82) is 0 Å². The van der Waals surface area contributed by atoms with Gasteiger partial charge in [-0.05, 0) is 12.8 Å². The lowest BCUT2D eigenvalue weighted by molar-refractivity contribution is -0.154.